The van der Waals surface area contributed by atoms with Gasteiger partial charge in [0.25, 0.3) is 0 Å². The molecule has 0 aromatic carbocycles. The van der Waals surface area contributed by atoms with Crippen molar-refractivity contribution < 1.29 is 4.79 Å². The van der Waals surface area contributed by atoms with Crippen molar-refractivity contribution in [3.63, 3.8) is 0 Å². The Morgan fingerprint density at radius 1 is 1.15 bits per heavy atom. The largest absolute Gasteiger partial charge is 0.342 e. The van der Waals surface area contributed by atoms with Gasteiger partial charge in [-0.2, -0.15) is 0 Å². The van der Waals surface area contributed by atoms with Gasteiger partial charge in [-0.05, 0) is 51.7 Å². The number of hydrogen-bond donors (Lipinski definition) is 1. The van der Waals surface area contributed by atoms with Crippen LogP contribution in [-0.2, 0) is 4.79 Å². The van der Waals surface area contributed by atoms with E-state index in [1.54, 1.807) is 0 Å². The molecule has 2 heterocycles. The summed E-state index contributed by atoms with van der Waals surface area (Å²) < 4.78 is 0. The number of likely N-dealkylation sites (tertiary alicyclic amines) is 1. The second kappa shape index (κ2) is 8.63. The van der Waals surface area contributed by atoms with Gasteiger partial charge in [-0.3, -0.25) is 9.69 Å². The van der Waals surface area contributed by atoms with E-state index in [9.17, 15) is 4.79 Å². The molecule has 1 unspecified atom stereocenters. The molecule has 1 N–H and O–H groups in total. The summed E-state index contributed by atoms with van der Waals surface area (Å²) in [6, 6.07) is 0. The first kappa shape index (κ1) is 15.8. The minimum absolute atomic E-state index is 0.332. The van der Waals surface area contributed by atoms with Crippen LogP contribution < -0.4 is 5.32 Å². The van der Waals surface area contributed by atoms with Gasteiger partial charge in [0.2, 0.25) is 5.91 Å². The molecule has 0 aromatic heterocycles. The Balaban J connectivity index is 1.71. The first-order chi connectivity index (χ1) is 9.75. The second-order valence-corrected chi connectivity index (χ2v) is 6.56. The van der Waals surface area contributed by atoms with Crippen LogP contribution in [0.15, 0.2) is 0 Å². The Labute approximate surface area is 123 Å². The average Bonchev–Trinajstić information content (AvgIpc) is 2.38. The molecule has 0 aromatic rings. The van der Waals surface area contributed by atoms with E-state index in [1.165, 1.54) is 44.9 Å². The zero-order valence-corrected chi connectivity index (χ0v) is 13.1. The van der Waals surface area contributed by atoms with Gasteiger partial charge in [0.15, 0.2) is 0 Å². The van der Waals surface area contributed by atoms with Gasteiger partial charge in [-0.25, -0.2) is 0 Å². The fraction of sp³-hybridized carbons (Fsp3) is 0.938. The highest BCUT2D eigenvalue weighted by molar-refractivity contribution is 5.78. The zero-order chi connectivity index (χ0) is 14.2. The summed E-state index contributed by atoms with van der Waals surface area (Å²) in [5, 5.41) is 3.45. The van der Waals surface area contributed by atoms with Crippen LogP contribution in [0, 0.1) is 5.92 Å². The Morgan fingerprint density at radius 2 is 1.85 bits per heavy atom. The molecule has 20 heavy (non-hydrogen) atoms. The normalized spacial score (nSPS) is 25.3. The molecule has 0 bridgehead atoms. The summed E-state index contributed by atoms with van der Waals surface area (Å²) in [5.74, 6) is 1.05. The molecule has 116 valence electrons. The van der Waals surface area contributed by atoms with Gasteiger partial charge in [-0.15, -0.1) is 0 Å². The molecule has 0 saturated carbocycles. The molecule has 2 rings (SSSR count). The molecule has 1 amide bonds. The minimum atomic E-state index is 0.332. The van der Waals surface area contributed by atoms with Crippen molar-refractivity contribution >= 4 is 5.91 Å². The summed E-state index contributed by atoms with van der Waals surface area (Å²) in [6.45, 7) is 5.85. The predicted octanol–water partition coefficient (Wildman–Crippen LogP) is 1.71. The summed E-state index contributed by atoms with van der Waals surface area (Å²) in [4.78, 5) is 16.7. The number of amides is 1. The minimum Gasteiger partial charge on any atom is -0.342 e. The maximum atomic E-state index is 12.4. The lowest BCUT2D eigenvalue weighted by Gasteiger charge is -2.30. The number of rotatable bonds is 4. The standard InChI is InChI=1S/C16H31N3O/c1-18(13-15-8-7-9-17-12-15)14-16(20)19-10-5-3-2-4-6-11-19/h15,17H,2-14H2,1H3. The molecule has 2 aliphatic heterocycles. The van der Waals surface area contributed by atoms with Crippen LogP contribution >= 0.6 is 0 Å². The van der Waals surface area contributed by atoms with Crippen LogP contribution in [0.1, 0.15) is 44.9 Å². The number of piperidine rings is 1. The van der Waals surface area contributed by atoms with Crippen molar-refractivity contribution in [1.29, 1.82) is 0 Å². The van der Waals surface area contributed by atoms with Gasteiger partial charge < -0.3 is 10.2 Å². The Morgan fingerprint density at radius 3 is 2.50 bits per heavy atom. The van der Waals surface area contributed by atoms with Gasteiger partial charge in [0.1, 0.15) is 0 Å². The third-order valence-electron chi connectivity index (χ3n) is 4.58. The van der Waals surface area contributed by atoms with Gasteiger partial charge in [0, 0.05) is 19.6 Å². The number of nitrogens with zero attached hydrogens (tertiary/aromatic N) is 2. The average molecular weight is 281 g/mol. The Kier molecular flexibility index (Phi) is 6.80. The molecule has 1 atom stereocenters. The van der Waals surface area contributed by atoms with Crippen LogP contribution in [0.25, 0.3) is 0 Å². The van der Waals surface area contributed by atoms with Crippen molar-refractivity contribution in [2.24, 2.45) is 5.92 Å². The highest BCUT2D eigenvalue weighted by atomic mass is 16.2. The molecular formula is C16H31N3O. The van der Waals surface area contributed by atoms with E-state index in [-0.39, 0.29) is 0 Å². The van der Waals surface area contributed by atoms with Crippen LogP contribution in [0.3, 0.4) is 0 Å². The van der Waals surface area contributed by atoms with E-state index in [0.717, 1.165) is 32.7 Å². The molecule has 2 aliphatic rings. The summed E-state index contributed by atoms with van der Waals surface area (Å²) in [6.07, 6.45) is 8.86. The number of carbonyl (C=O) groups excluding carboxylic acids is 1. The van der Waals surface area contributed by atoms with Crippen LogP contribution in [-0.4, -0.2) is 62.0 Å². The van der Waals surface area contributed by atoms with Gasteiger partial charge in [0.05, 0.1) is 6.54 Å². The summed E-state index contributed by atoms with van der Waals surface area (Å²) >= 11 is 0. The quantitative estimate of drug-likeness (QED) is 0.852. The molecule has 2 saturated heterocycles. The van der Waals surface area contributed by atoms with E-state index in [1.807, 2.05) is 0 Å². The van der Waals surface area contributed by atoms with E-state index < -0.39 is 0 Å². The maximum absolute atomic E-state index is 12.4. The first-order valence-electron chi connectivity index (χ1n) is 8.43. The third-order valence-corrected chi connectivity index (χ3v) is 4.58. The van der Waals surface area contributed by atoms with Crippen LogP contribution in [0.5, 0.6) is 0 Å². The van der Waals surface area contributed by atoms with Crippen molar-refractivity contribution in [2.75, 3.05) is 46.3 Å². The van der Waals surface area contributed by atoms with Crippen molar-refractivity contribution in [1.82, 2.24) is 15.1 Å². The molecule has 4 heteroatoms. The van der Waals surface area contributed by atoms with Gasteiger partial charge in [-0.1, -0.05) is 19.3 Å². The van der Waals surface area contributed by atoms with Gasteiger partial charge >= 0.3 is 0 Å². The lowest BCUT2D eigenvalue weighted by atomic mass is 9.99. The predicted molar refractivity (Wildman–Crippen MR) is 82.8 cm³/mol. The topological polar surface area (TPSA) is 35.6 Å². The summed E-state index contributed by atoms with van der Waals surface area (Å²) in [5.41, 5.74) is 0. The summed E-state index contributed by atoms with van der Waals surface area (Å²) in [7, 11) is 2.09. The fourth-order valence-corrected chi connectivity index (χ4v) is 3.41. The van der Waals surface area contributed by atoms with E-state index in [0.29, 0.717) is 18.4 Å². The van der Waals surface area contributed by atoms with Crippen molar-refractivity contribution in [2.45, 2.75) is 44.9 Å². The number of carbonyl (C=O) groups is 1. The molecule has 0 radical (unpaired) electrons. The van der Waals surface area contributed by atoms with Crippen LogP contribution in [0.2, 0.25) is 0 Å². The monoisotopic (exact) mass is 281 g/mol. The molecular weight excluding hydrogens is 250 g/mol. The lowest BCUT2D eigenvalue weighted by Crippen LogP contribution is -2.43. The highest BCUT2D eigenvalue weighted by Crippen LogP contribution is 2.13. The van der Waals surface area contributed by atoms with Crippen LogP contribution in [0.4, 0.5) is 0 Å². The van der Waals surface area contributed by atoms with E-state index >= 15 is 0 Å². The smallest absolute Gasteiger partial charge is 0.236 e. The Hall–Kier alpha value is -0.610. The van der Waals surface area contributed by atoms with E-state index in [4.69, 9.17) is 0 Å². The molecule has 0 aliphatic carbocycles. The fourth-order valence-electron chi connectivity index (χ4n) is 3.41. The van der Waals surface area contributed by atoms with Crippen molar-refractivity contribution in [3.05, 3.63) is 0 Å². The first-order valence-corrected chi connectivity index (χ1v) is 8.43. The third kappa shape index (κ3) is 5.41. The van der Waals surface area contributed by atoms with Crippen molar-refractivity contribution in [3.8, 4) is 0 Å². The molecule has 2 fully saturated rings. The number of likely N-dealkylation sites (N-methyl/N-ethyl adjacent to an activating group) is 1. The SMILES string of the molecule is CN(CC(=O)N1CCCCCCC1)CC1CCCNC1. The Bertz CT molecular complexity index is 281. The number of nitrogens with one attached hydrogen (secondary N) is 1. The second-order valence-electron chi connectivity index (χ2n) is 6.56. The molecule has 0 spiro atoms. The zero-order valence-electron chi connectivity index (χ0n) is 13.1. The maximum Gasteiger partial charge on any atom is 0.236 e. The highest BCUT2D eigenvalue weighted by Gasteiger charge is 2.19. The molecule has 4 nitrogen and oxygen atoms in total. The number of hydrogen-bond acceptors (Lipinski definition) is 3. The van der Waals surface area contributed by atoms with E-state index in [2.05, 4.69) is 22.2 Å². The lowest BCUT2D eigenvalue weighted by molar-refractivity contribution is -0.132.